The number of quaternary nitrogens is 4. The first-order valence-corrected chi connectivity index (χ1v) is 27.7. The molecule has 0 amide bonds. The second kappa shape index (κ2) is 60.8. The third kappa shape index (κ3) is 56.6. The number of aliphatic hydroxyl groups excluding tert-OH is 11. The second-order valence-electron chi connectivity index (χ2n) is 20.9. The van der Waals surface area contributed by atoms with Crippen LogP contribution in [0.5, 0.6) is 0 Å². The Labute approximate surface area is 487 Å². The van der Waals surface area contributed by atoms with Crippen molar-refractivity contribution in [2.45, 2.75) is 0 Å². The lowest BCUT2D eigenvalue weighted by Gasteiger charge is -2.44. The molecule has 5 fully saturated rings. The number of aliphatic hydroxyl groups is 11. The highest BCUT2D eigenvalue weighted by atomic mass is 16.3. The highest BCUT2D eigenvalue weighted by Gasteiger charge is 2.36. The molecule has 0 bridgehead atoms. The van der Waals surface area contributed by atoms with Gasteiger partial charge in [-0.05, 0) is 35.2 Å². The van der Waals surface area contributed by atoms with Crippen LogP contribution in [0.1, 0.15) is 0 Å². The first kappa shape index (κ1) is 87.5. The summed E-state index contributed by atoms with van der Waals surface area (Å²) in [4.78, 5) is 25.3. The third-order valence-corrected chi connectivity index (χ3v) is 12.7. The Morgan fingerprint density at radius 1 is 0.556 bits per heavy atom. The second-order valence-corrected chi connectivity index (χ2v) is 20.9. The molecule has 0 radical (unpaired) electrons. The number of nitrogens with one attached hydrogen (secondary N) is 8. The van der Waals surface area contributed by atoms with Gasteiger partial charge in [0, 0.05) is 157 Å². The summed E-state index contributed by atoms with van der Waals surface area (Å²) in [7, 11) is 18.7. The molecule has 0 saturated carbocycles. The van der Waals surface area contributed by atoms with Crippen LogP contribution in [0.3, 0.4) is 0 Å². The van der Waals surface area contributed by atoms with E-state index in [1.807, 2.05) is 47.8 Å². The van der Waals surface area contributed by atoms with Gasteiger partial charge in [0.15, 0.2) is 40.4 Å². The number of likely N-dealkylation sites (N-methyl/N-ethyl adjacent to an activating group) is 2. The fourth-order valence-corrected chi connectivity index (χ4v) is 6.60. The molecule has 0 aliphatic carbocycles. The molecule has 0 spiro atoms. The van der Waals surface area contributed by atoms with Crippen LogP contribution in [-0.2, 0) is 4.79 Å². The Morgan fingerprint density at radius 3 is 1.10 bits per heavy atom. The van der Waals surface area contributed by atoms with Crippen LogP contribution < -0.4 is 36.6 Å². The Kier molecular flexibility index (Phi) is 65.7. The Balaban J connectivity index is -0.000000268. The summed E-state index contributed by atoms with van der Waals surface area (Å²) in [6, 6.07) is 0. The van der Waals surface area contributed by atoms with Gasteiger partial charge in [-0.1, -0.05) is 0 Å². The minimum absolute atomic E-state index is 0.00347. The van der Waals surface area contributed by atoms with Crippen LogP contribution >= 0.6 is 0 Å². The van der Waals surface area contributed by atoms with E-state index < -0.39 is 6.47 Å². The van der Waals surface area contributed by atoms with Crippen molar-refractivity contribution in [2.24, 2.45) is 0 Å². The number of carbonyl (C=O) groups is 1. The van der Waals surface area contributed by atoms with Crippen molar-refractivity contribution in [1.82, 2.24) is 65.8 Å². The minimum Gasteiger partial charge on any atom is -0.554 e. The maximum atomic E-state index is 9.10. The molecule has 5 aliphatic rings. The average Bonchev–Trinajstić information content (AvgIpc) is 3.50. The molecule has 490 valence electrons. The SMILES string of the molecule is CN(CO)CO.CNCN(C)CC=N.CNCN1CCN(CC=N)CC1.CNCN1CCNCC1.C[N+](C)(CO)CO.C[N+]1(CO)CC[N+](C)(CO)CC1.C[NH+](CO)CO.O=C[O-].OCN1CCN(CO)CC1.OCN1CCNCC1. The lowest BCUT2D eigenvalue weighted by molar-refractivity contribution is -1.03. The number of rotatable bonds is 21. The summed E-state index contributed by atoms with van der Waals surface area (Å²) < 4.78 is 1.71. The molecule has 5 saturated heterocycles. The maximum absolute atomic E-state index is 9.10. The van der Waals surface area contributed by atoms with Crippen LogP contribution in [0, 0.1) is 10.8 Å². The number of piperazine rings is 5. The van der Waals surface area contributed by atoms with Gasteiger partial charge < -0.3 is 103 Å². The van der Waals surface area contributed by atoms with Gasteiger partial charge in [-0.25, -0.2) is 0 Å². The largest absolute Gasteiger partial charge is 0.554 e. The zero-order valence-corrected chi connectivity index (χ0v) is 51.8. The van der Waals surface area contributed by atoms with Gasteiger partial charge in [-0.15, -0.1) is 0 Å². The molecule has 5 rings (SSSR count). The molecule has 0 atom stereocenters. The van der Waals surface area contributed by atoms with Crippen molar-refractivity contribution >= 4 is 18.9 Å². The molecule has 19 N–H and O–H groups in total. The van der Waals surface area contributed by atoms with E-state index in [1.165, 1.54) is 30.4 Å². The number of carboxylic acid groups (broad SMARTS) is 1. The topological polar surface area (TPSA) is 401 Å². The van der Waals surface area contributed by atoms with Gasteiger partial charge in [-0.2, -0.15) is 0 Å². The Bertz CT molecular complexity index is 1250. The predicted molar refractivity (Wildman–Crippen MR) is 315 cm³/mol. The van der Waals surface area contributed by atoms with E-state index in [2.05, 4.69) is 55.4 Å². The van der Waals surface area contributed by atoms with E-state index in [1.54, 1.807) is 28.2 Å². The summed E-state index contributed by atoms with van der Waals surface area (Å²) >= 11 is 0. The van der Waals surface area contributed by atoms with Crippen molar-refractivity contribution in [3.05, 3.63) is 0 Å². The molecular weight excluding hydrogens is 1060 g/mol. The lowest BCUT2D eigenvalue weighted by Crippen LogP contribution is -3.09. The van der Waals surface area contributed by atoms with Gasteiger partial charge in [0.1, 0.15) is 26.2 Å². The first-order valence-electron chi connectivity index (χ1n) is 27.7. The van der Waals surface area contributed by atoms with E-state index in [9.17, 15) is 0 Å². The quantitative estimate of drug-likeness (QED) is 0.0220. The van der Waals surface area contributed by atoms with E-state index >= 15 is 0 Å². The summed E-state index contributed by atoms with van der Waals surface area (Å²) in [5.74, 6) is 0. The van der Waals surface area contributed by atoms with Crippen LogP contribution in [0.15, 0.2) is 0 Å². The van der Waals surface area contributed by atoms with Crippen LogP contribution in [0.4, 0.5) is 0 Å². The average molecular weight is 1190 g/mol. The molecule has 5 aliphatic heterocycles. The minimum atomic E-state index is -0.500. The highest BCUT2D eigenvalue weighted by Crippen LogP contribution is 2.13. The normalized spacial score (nSPS) is 20.8. The molecule has 0 aromatic heterocycles. The molecule has 81 heavy (non-hydrogen) atoms. The highest BCUT2D eigenvalue weighted by molar-refractivity contribution is 5.55. The monoisotopic (exact) mass is 1190 g/mol. The molecule has 0 aromatic carbocycles. The zero-order valence-electron chi connectivity index (χ0n) is 51.8. The predicted octanol–water partition coefficient (Wildman–Crippen LogP) is -12.1. The maximum Gasteiger partial charge on any atom is 0.181 e. The van der Waals surface area contributed by atoms with Gasteiger partial charge in [0.25, 0.3) is 0 Å². The van der Waals surface area contributed by atoms with Gasteiger partial charge in [0.2, 0.25) is 0 Å². The number of hydrogen-bond acceptors (Lipinski definition) is 28. The van der Waals surface area contributed by atoms with E-state index in [0.717, 1.165) is 160 Å². The van der Waals surface area contributed by atoms with Crippen LogP contribution in [-0.4, -0.2) is 436 Å². The summed E-state index contributed by atoms with van der Waals surface area (Å²) in [6.45, 7) is 24.9. The fraction of sp³-hybridized carbons (Fsp3) is 0.939. The first-order chi connectivity index (χ1) is 38.6. The molecule has 32 heteroatoms. The molecule has 5 heterocycles. The van der Waals surface area contributed by atoms with E-state index in [4.69, 9.17) is 76.9 Å². The lowest BCUT2D eigenvalue weighted by atomic mass is 10.2. The number of carbonyl (C=O) groups excluding carboxylic acids is 1. The number of nitrogens with zero attached hydrogens (tertiary/aromatic N) is 11. The zero-order chi connectivity index (χ0) is 62.8. The van der Waals surface area contributed by atoms with Crippen molar-refractivity contribution in [3.63, 3.8) is 0 Å². The Morgan fingerprint density at radius 2 is 0.877 bits per heavy atom. The van der Waals surface area contributed by atoms with Crippen LogP contribution in [0.2, 0.25) is 0 Å². The smallest absolute Gasteiger partial charge is 0.181 e. The fourth-order valence-electron chi connectivity index (χ4n) is 6.60. The summed E-state index contributed by atoms with van der Waals surface area (Å²) in [5, 5.41) is 131. The molecule has 32 nitrogen and oxygen atoms in total. The van der Waals surface area contributed by atoms with Crippen molar-refractivity contribution in [2.75, 3.05) is 309 Å². The van der Waals surface area contributed by atoms with Crippen molar-refractivity contribution < 1.29 is 84.4 Å². The van der Waals surface area contributed by atoms with Gasteiger partial charge >= 0.3 is 0 Å². The number of hydrogen-bond donors (Lipinski definition) is 19. The van der Waals surface area contributed by atoms with Crippen LogP contribution in [0.25, 0.3) is 0 Å². The summed E-state index contributed by atoms with van der Waals surface area (Å²) in [5.41, 5.74) is 0. The molecule has 0 unspecified atom stereocenters. The molecular formula is C49H124N19O13+3. The summed E-state index contributed by atoms with van der Waals surface area (Å²) in [6.07, 6.45) is 2.87. The molecule has 0 aromatic rings. The van der Waals surface area contributed by atoms with E-state index in [-0.39, 0.29) is 78.5 Å². The van der Waals surface area contributed by atoms with Gasteiger partial charge in [-0.3, -0.25) is 57.5 Å². The standard InChI is InChI=1S/C8H18N4.C8H20N2O2.C6H15N3.C6H14N2O2.C5H13N3.C5H12N2O.C4H12NO2.2C3H9NO2.CH2O2/c1-10-8-12-6-4-11(3-2-9)5-7-12;1-9(7-11)3-5-10(2,8-12)6-4-9;1-7-6-9-4-2-8-3-5-9;9-5-7-1-2-8(6-10)4-3-7;1-7-5-8(2)4-3-6;8-5-7-3-1-6-2-4-7;1-5(2,3-6)4-7;2*1-4(2-5)3-6;2-1-3/h2,9-10H,3-8H2,1H3;11-12H,3-8H2,1-2H3;7-8H,2-6H2,1H3;9-10H,1-6H2;3,6-7H,4-5H2,1-2H3;6,8H,1-5H2;6-7H,3-4H2,1-2H3;2*5-6H,2-3H2,1H3;1H,(H,2,3)/q;+2;;;;;+1;;;. The van der Waals surface area contributed by atoms with Gasteiger partial charge in [0.05, 0.1) is 68.9 Å². The van der Waals surface area contributed by atoms with E-state index in [0.29, 0.717) is 4.90 Å². The Hall–Kier alpha value is -2.31. The van der Waals surface area contributed by atoms with Crippen molar-refractivity contribution in [3.8, 4) is 0 Å². The third-order valence-electron chi connectivity index (χ3n) is 12.7. The van der Waals surface area contributed by atoms with Crippen molar-refractivity contribution in [1.29, 1.82) is 10.8 Å².